The molecule has 0 spiro atoms. The Balaban J connectivity index is 1.88. The molecular formula is C23H27N5O. The van der Waals surface area contributed by atoms with Crippen LogP contribution in [0.2, 0.25) is 0 Å². The van der Waals surface area contributed by atoms with Gasteiger partial charge in [0.05, 0.1) is 18.8 Å². The SMILES string of the molecule is CCc1nc(N=NC(C)c2ccc(N(C)C)cc2)cc(-c2ccccc2OC)n1. The third-order valence-corrected chi connectivity index (χ3v) is 4.68. The molecule has 150 valence electrons. The molecule has 29 heavy (non-hydrogen) atoms. The number of azo groups is 1. The average Bonchev–Trinajstić information content (AvgIpc) is 2.77. The van der Waals surface area contributed by atoms with Crippen molar-refractivity contribution < 1.29 is 4.74 Å². The van der Waals surface area contributed by atoms with E-state index in [9.17, 15) is 0 Å². The summed E-state index contributed by atoms with van der Waals surface area (Å²) in [6.07, 6.45) is 0.715. The Morgan fingerprint density at radius 3 is 2.41 bits per heavy atom. The molecule has 1 unspecified atom stereocenters. The number of aromatic nitrogens is 2. The Kier molecular flexibility index (Phi) is 6.54. The highest BCUT2D eigenvalue weighted by Gasteiger charge is 2.11. The molecule has 1 aromatic heterocycles. The molecule has 0 amide bonds. The number of aryl methyl sites for hydroxylation is 1. The fraction of sp³-hybridized carbons (Fsp3) is 0.304. The van der Waals surface area contributed by atoms with Gasteiger partial charge < -0.3 is 9.64 Å². The minimum atomic E-state index is -0.0686. The van der Waals surface area contributed by atoms with E-state index in [0.29, 0.717) is 12.2 Å². The zero-order valence-electron chi connectivity index (χ0n) is 17.6. The molecular weight excluding hydrogens is 362 g/mol. The Morgan fingerprint density at radius 1 is 1.03 bits per heavy atom. The second kappa shape index (κ2) is 9.28. The highest BCUT2D eigenvalue weighted by molar-refractivity contribution is 5.68. The van der Waals surface area contributed by atoms with Gasteiger partial charge in [0.2, 0.25) is 0 Å². The van der Waals surface area contributed by atoms with E-state index in [1.54, 1.807) is 7.11 Å². The number of para-hydroxylation sites is 1. The zero-order valence-corrected chi connectivity index (χ0v) is 17.6. The zero-order chi connectivity index (χ0) is 20.8. The molecule has 0 saturated carbocycles. The summed E-state index contributed by atoms with van der Waals surface area (Å²) in [5.41, 5.74) is 3.96. The molecule has 0 radical (unpaired) electrons. The van der Waals surface area contributed by atoms with Crippen molar-refractivity contribution in [3.05, 3.63) is 66.0 Å². The lowest BCUT2D eigenvalue weighted by Crippen LogP contribution is -2.08. The van der Waals surface area contributed by atoms with Crippen LogP contribution >= 0.6 is 0 Å². The van der Waals surface area contributed by atoms with Crippen molar-refractivity contribution in [2.45, 2.75) is 26.3 Å². The topological polar surface area (TPSA) is 63.0 Å². The first-order valence-electron chi connectivity index (χ1n) is 9.71. The molecule has 0 aliphatic heterocycles. The van der Waals surface area contributed by atoms with Crippen LogP contribution in [0.1, 0.15) is 31.3 Å². The second-order valence-corrected chi connectivity index (χ2v) is 6.96. The van der Waals surface area contributed by atoms with E-state index < -0.39 is 0 Å². The molecule has 0 fully saturated rings. The van der Waals surface area contributed by atoms with Crippen LogP contribution in [0.15, 0.2) is 64.8 Å². The quantitative estimate of drug-likeness (QED) is 0.492. The average molecular weight is 390 g/mol. The number of hydrogen-bond donors (Lipinski definition) is 0. The summed E-state index contributed by atoms with van der Waals surface area (Å²) in [5, 5.41) is 8.89. The summed E-state index contributed by atoms with van der Waals surface area (Å²) in [5.74, 6) is 2.05. The largest absolute Gasteiger partial charge is 0.496 e. The van der Waals surface area contributed by atoms with Gasteiger partial charge in [-0.15, -0.1) is 5.11 Å². The second-order valence-electron chi connectivity index (χ2n) is 6.96. The number of anilines is 1. The van der Waals surface area contributed by atoms with E-state index in [0.717, 1.165) is 34.1 Å². The molecule has 0 aliphatic rings. The van der Waals surface area contributed by atoms with Gasteiger partial charge in [0.1, 0.15) is 11.6 Å². The summed E-state index contributed by atoms with van der Waals surface area (Å²) >= 11 is 0. The number of nitrogens with zero attached hydrogens (tertiary/aromatic N) is 5. The summed E-state index contributed by atoms with van der Waals surface area (Å²) in [7, 11) is 5.71. The van der Waals surface area contributed by atoms with Crippen molar-refractivity contribution >= 4 is 11.5 Å². The maximum atomic E-state index is 5.48. The van der Waals surface area contributed by atoms with Crippen LogP contribution in [-0.4, -0.2) is 31.2 Å². The van der Waals surface area contributed by atoms with Gasteiger partial charge in [-0.05, 0) is 36.8 Å². The first-order chi connectivity index (χ1) is 14.0. The monoisotopic (exact) mass is 389 g/mol. The van der Waals surface area contributed by atoms with Crippen molar-refractivity contribution in [1.82, 2.24) is 9.97 Å². The smallest absolute Gasteiger partial charge is 0.177 e. The molecule has 0 bridgehead atoms. The van der Waals surface area contributed by atoms with Crippen LogP contribution in [0, 0.1) is 0 Å². The number of ether oxygens (including phenoxy) is 1. The molecule has 3 rings (SSSR count). The van der Waals surface area contributed by atoms with Crippen molar-refractivity contribution in [1.29, 1.82) is 0 Å². The third-order valence-electron chi connectivity index (χ3n) is 4.68. The molecule has 2 aromatic carbocycles. The minimum absolute atomic E-state index is 0.0686. The summed E-state index contributed by atoms with van der Waals surface area (Å²) in [4.78, 5) is 11.2. The van der Waals surface area contributed by atoms with Gasteiger partial charge in [-0.2, -0.15) is 5.11 Å². The molecule has 0 aliphatic carbocycles. The molecule has 1 atom stereocenters. The molecule has 1 heterocycles. The van der Waals surface area contributed by atoms with Crippen LogP contribution in [-0.2, 0) is 6.42 Å². The third kappa shape index (κ3) is 4.96. The van der Waals surface area contributed by atoms with Crippen molar-refractivity contribution in [3.8, 4) is 17.0 Å². The summed E-state index contributed by atoms with van der Waals surface area (Å²) in [6.45, 7) is 4.05. The Hall–Kier alpha value is -3.28. The first-order valence-corrected chi connectivity index (χ1v) is 9.71. The van der Waals surface area contributed by atoms with Gasteiger partial charge in [-0.3, -0.25) is 0 Å². The Morgan fingerprint density at radius 2 is 1.76 bits per heavy atom. The van der Waals surface area contributed by atoms with Gasteiger partial charge >= 0.3 is 0 Å². The first kappa shape index (κ1) is 20.5. The van der Waals surface area contributed by atoms with Crippen LogP contribution in [0.25, 0.3) is 11.3 Å². The van der Waals surface area contributed by atoms with Crippen molar-refractivity contribution in [2.24, 2.45) is 10.2 Å². The maximum absolute atomic E-state index is 5.48. The van der Waals surface area contributed by atoms with Crippen molar-refractivity contribution in [2.75, 3.05) is 26.1 Å². The van der Waals surface area contributed by atoms with Gasteiger partial charge in [0, 0.05) is 37.8 Å². The lowest BCUT2D eigenvalue weighted by Gasteiger charge is -2.13. The Labute approximate surface area is 172 Å². The minimum Gasteiger partial charge on any atom is -0.496 e. The maximum Gasteiger partial charge on any atom is 0.177 e. The van der Waals surface area contributed by atoms with Gasteiger partial charge in [0.25, 0.3) is 0 Å². The number of methoxy groups -OCH3 is 1. The molecule has 3 aromatic rings. The molecule has 6 nitrogen and oxygen atoms in total. The van der Waals surface area contributed by atoms with E-state index >= 15 is 0 Å². The normalized spacial score (nSPS) is 12.2. The predicted octanol–water partition coefficient (Wildman–Crippen LogP) is 5.63. The van der Waals surface area contributed by atoms with E-state index in [-0.39, 0.29) is 6.04 Å². The lowest BCUT2D eigenvalue weighted by molar-refractivity contribution is 0.416. The van der Waals surface area contributed by atoms with E-state index in [4.69, 9.17) is 4.74 Å². The van der Waals surface area contributed by atoms with Crippen molar-refractivity contribution in [3.63, 3.8) is 0 Å². The highest BCUT2D eigenvalue weighted by atomic mass is 16.5. The van der Waals surface area contributed by atoms with Crippen LogP contribution in [0.5, 0.6) is 5.75 Å². The van der Waals surface area contributed by atoms with Crippen LogP contribution in [0.3, 0.4) is 0 Å². The van der Waals surface area contributed by atoms with Gasteiger partial charge in [-0.25, -0.2) is 9.97 Å². The summed E-state index contributed by atoms with van der Waals surface area (Å²) in [6, 6.07) is 17.9. The number of rotatable bonds is 7. The van der Waals surface area contributed by atoms with Gasteiger partial charge in [0.15, 0.2) is 5.82 Å². The van der Waals surface area contributed by atoms with Crippen LogP contribution < -0.4 is 9.64 Å². The fourth-order valence-electron chi connectivity index (χ4n) is 2.95. The molecule has 0 saturated heterocycles. The van der Waals surface area contributed by atoms with E-state index in [1.807, 2.05) is 58.3 Å². The van der Waals surface area contributed by atoms with Crippen LogP contribution in [0.4, 0.5) is 11.5 Å². The molecule has 6 heteroatoms. The highest BCUT2D eigenvalue weighted by Crippen LogP contribution is 2.30. The lowest BCUT2D eigenvalue weighted by atomic mass is 10.1. The summed E-state index contributed by atoms with van der Waals surface area (Å²) < 4.78 is 5.48. The van der Waals surface area contributed by atoms with Gasteiger partial charge in [-0.1, -0.05) is 31.2 Å². The number of benzene rings is 2. The number of hydrogen-bond acceptors (Lipinski definition) is 6. The van der Waals surface area contributed by atoms with E-state index in [1.165, 1.54) is 0 Å². The standard InChI is InChI=1S/C23H27N5O/c1-6-22-24-20(19-9-7-8-10-21(19)29-5)15-23(25-22)27-26-16(2)17-11-13-18(14-12-17)28(3)4/h7-16H,6H2,1-5H3. The Bertz CT molecular complexity index is 983. The fourth-order valence-corrected chi connectivity index (χ4v) is 2.95. The molecule has 0 N–H and O–H groups in total. The van der Waals surface area contributed by atoms with E-state index in [2.05, 4.69) is 49.4 Å². The predicted molar refractivity (Wildman–Crippen MR) is 117 cm³/mol.